The number of benzene rings is 2. The number of hydrogen-bond acceptors (Lipinski definition) is 7. The maximum absolute atomic E-state index is 16.2. The molecule has 2 unspecified atom stereocenters. The molecule has 8 nitrogen and oxygen atoms in total. The Hall–Kier alpha value is -4.52. The van der Waals surface area contributed by atoms with Crippen molar-refractivity contribution in [2.45, 2.75) is 51.9 Å². The second kappa shape index (κ2) is 10.2. The molecule has 1 aliphatic heterocycles. The number of rotatable bonds is 4. The summed E-state index contributed by atoms with van der Waals surface area (Å²) in [5, 5.41) is 1.23. The molecule has 4 aromatic rings. The van der Waals surface area contributed by atoms with Gasteiger partial charge in [-0.3, -0.25) is 4.98 Å². The summed E-state index contributed by atoms with van der Waals surface area (Å²) in [5.41, 5.74) is -0.441. The van der Waals surface area contributed by atoms with Gasteiger partial charge in [-0.25, -0.2) is 13.6 Å². The van der Waals surface area contributed by atoms with Gasteiger partial charge in [0.25, 0.3) is 0 Å². The van der Waals surface area contributed by atoms with Crippen LogP contribution >= 0.6 is 0 Å². The Labute approximate surface area is 230 Å². The highest BCUT2D eigenvalue weighted by atomic mass is 19.1. The lowest BCUT2D eigenvalue weighted by Gasteiger charge is -2.28. The van der Waals surface area contributed by atoms with Gasteiger partial charge in [0.2, 0.25) is 5.88 Å². The van der Waals surface area contributed by atoms with Crippen molar-refractivity contribution in [2.75, 3.05) is 13.7 Å². The minimum absolute atomic E-state index is 0.0171. The number of ether oxygens (including phenoxy) is 3. The lowest BCUT2D eigenvalue weighted by Crippen LogP contribution is -2.42. The third kappa shape index (κ3) is 4.83. The maximum atomic E-state index is 16.2. The van der Waals surface area contributed by atoms with Crippen LogP contribution in [0.3, 0.4) is 0 Å². The van der Waals surface area contributed by atoms with E-state index in [1.807, 2.05) is 6.92 Å². The van der Waals surface area contributed by atoms with Crippen molar-refractivity contribution < 1.29 is 27.8 Å². The molecule has 206 valence electrons. The molecule has 1 fully saturated rings. The number of amides is 1. The highest BCUT2D eigenvalue weighted by Gasteiger charge is 2.38. The van der Waals surface area contributed by atoms with Gasteiger partial charge in [0.05, 0.1) is 24.1 Å². The van der Waals surface area contributed by atoms with Gasteiger partial charge in [0, 0.05) is 30.1 Å². The Morgan fingerprint density at radius 3 is 2.65 bits per heavy atom. The molecule has 1 amide bonds. The highest BCUT2D eigenvalue weighted by Crippen LogP contribution is 2.37. The van der Waals surface area contributed by atoms with Crippen LogP contribution in [0, 0.1) is 24.0 Å². The molecule has 0 bridgehead atoms. The fourth-order valence-electron chi connectivity index (χ4n) is 4.86. The number of fused-ring (bicyclic) bond motifs is 2. The lowest BCUT2D eigenvalue weighted by atomic mass is 9.96. The average molecular weight is 547 g/mol. The Morgan fingerprint density at radius 2 is 1.95 bits per heavy atom. The number of hydrogen-bond donors (Lipinski definition) is 0. The van der Waals surface area contributed by atoms with E-state index < -0.39 is 29.4 Å². The summed E-state index contributed by atoms with van der Waals surface area (Å²) in [4.78, 5) is 27.2. The normalized spacial score (nSPS) is 17.2. The van der Waals surface area contributed by atoms with Crippen molar-refractivity contribution in [3.63, 3.8) is 0 Å². The number of likely N-dealkylation sites (tertiary alicyclic amines) is 1. The van der Waals surface area contributed by atoms with Crippen LogP contribution in [0.1, 0.15) is 39.7 Å². The van der Waals surface area contributed by atoms with Gasteiger partial charge in [-0.15, -0.1) is 6.42 Å². The topological polar surface area (TPSA) is 86.7 Å². The zero-order valence-corrected chi connectivity index (χ0v) is 22.8. The Balaban J connectivity index is 1.56. The first-order valence-corrected chi connectivity index (χ1v) is 12.8. The first-order chi connectivity index (χ1) is 19.0. The van der Waals surface area contributed by atoms with Gasteiger partial charge in [-0.2, -0.15) is 9.97 Å². The molecule has 1 aliphatic rings. The van der Waals surface area contributed by atoms with E-state index in [-0.39, 0.29) is 40.1 Å². The second-order valence-electron chi connectivity index (χ2n) is 10.5. The van der Waals surface area contributed by atoms with Crippen LogP contribution in [0.25, 0.3) is 32.9 Å². The molecule has 10 heteroatoms. The summed E-state index contributed by atoms with van der Waals surface area (Å²) < 4.78 is 47.7. The van der Waals surface area contributed by atoms with E-state index in [0.29, 0.717) is 29.3 Å². The zero-order chi connectivity index (χ0) is 28.8. The predicted molar refractivity (Wildman–Crippen MR) is 146 cm³/mol. The van der Waals surface area contributed by atoms with Gasteiger partial charge in [0.15, 0.2) is 5.82 Å². The minimum atomic E-state index is -0.766. The zero-order valence-electron chi connectivity index (χ0n) is 22.8. The molecule has 2 aromatic heterocycles. The number of halogens is 2. The van der Waals surface area contributed by atoms with Crippen LogP contribution in [-0.2, 0) is 4.74 Å². The van der Waals surface area contributed by atoms with Crippen LogP contribution in [-0.4, -0.2) is 57.3 Å². The number of carbonyl (C=O) groups is 1. The number of carbonyl (C=O) groups excluding carboxylic acids is 1. The number of terminal acetylenes is 1. The molecule has 0 radical (unpaired) electrons. The summed E-state index contributed by atoms with van der Waals surface area (Å²) in [5.74, 6) is 1.08. The summed E-state index contributed by atoms with van der Waals surface area (Å²) in [6.45, 7) is 7.68. The summed E-state index contributed by atoms with van der Waals surface area (Å²) >= 11 is 0. The molecule has 2 aromatic carbocycles. The molecule has 5 rings (SSSR count). The van der Waals surface area contributed by atoms with Crippen LogP contribution in [0.5, 0.6) is 11.9 Å². The van der Waals surface area contributed by atoms with E-state index in [1.165, 1.54) is 19.4 Å². The van der Waals surface area contributed by atoms with E-state index >= 15 is 4.39 Å². The lowest BCUT2D eigenvalue weighted by molar-refractivity contribution is 0.0190. The number of methoxy groups -OCH3 is 1. The van der Waals surface area contributed by atoms with Crippen molar-refractivity contribution in [3.05, 3.63) is 53.7 Å². The Morgan fingerprint density at radius 1 is 1.18 bits per heavy atom. The summed E-state index contributed by atoms with van der Waals surface area (Å²) in [6, 6.07) is 7.51. The van der Waals surface area contributed by atoms with Crippen molar-refractivity contribution in [2.24, 2.45) is 0 Å². The average Bonchev–Trinajstić information content (AvgIpc) is 3.27. The van der Waals surface area contributed by atoms with Crippen LogP contribution in [0.15, 0.2) is 36.5 Å². The monoisotopic (exact) mass is 546 g/mol. The molecule has 0 spiro atoms. The number of pyridine rings is 1. The molecule has 3 heterocycles. The Kier molecular flexibility index (Phi) is 6.92. The Bertz CT molecular complexity index is 1680. The highest BCUT2D eigenvalue weighted by molar-refractivity contribution is 6.01. The van der Waals surface area contributed by atoms with Crippen LogP contribution in [0.2, 0.25) is 0 Å². The molecular formula is C30H28F2N4O4. The summed E-state index contributed by atoms with van der Waals surface area (Å²) in [6.07, 6.45) is 6.64. The van der Waals surface area contributed by atoms with E-state index in [1.54, 1.807) is 49.9 Å². The number of aromatic nitrogens is 3. The molecule has 40 heavy (non-hydrogen) atoms. The molecule has 0 saturated carbocycles. The van der Waals surface area contributed by atoms with Gasteiger partial charge in [0.1, 0.15) is 28.7 Å². The van der Waals surface area contributed by atoms with Gasteiger partial charge in [-0.05, 0) is 39.1 Å². The fourth-order valence-corrected chi connectivity index (χ4v) is 4.86. The van der Waals surface area contributed by atoms with E-state index in [2.05, 4.69) is 20.9 Å². The fraction of sp³-hybridized carbons (Fsp3) is 0.333. The van der Waals surface area contributed by atoms with Crippen molar-refractivity contribution in [3.8, 4) is 35.5 Å². The largest absolute Gasteiger partial charge is 0.471 e. The third-order valence-electron chi connectivity index (χ3n) is 6.78. The van der Waals surface area contributed by atoms with E-state index in [0.717, 1.165) is 0 Å². The first-order valence-electron chi connectivity index (χ1n) is 12.8. The maximum Gasteiger partial charge on any atom is 0.410 e. The third-order valence-corrected chi connectivity index (χ3v) is 6.78. The molecular weight excluding hydrogens is 518 g/mol. The van der Waals surface area contributed by atoms with E-state index in [4.69, 9.17) is 20.6 Å². The molecule has 0 N–H and O–H groups in total. The predicted octanol–water partition coefficient (Wildman–Crippen LogP) is 5.89. The van der Waals surface area contributed by atoms with E-state index in [9.17, 15) is 9.18 Å². The van der Waals surface area contributed by atoms with Gasteiger partial charge in [-0.1, -0.05) is 30.2 Å². The van der Waals surface area contributed by atoms with Gasteiger partial charge < -0.3 is 19.1 Å². The quantitative estimate of drug-likeness (QED) is 0.295. The molecule has 1 saturated heterocycles. The number of nitrogens with zero attached hydrogens (tertiary/aromatic N) is 4. The van der Waals surface area contributed by atoms with Crippen molar-refractivity contribution in [1.29, 1.82) is 0 Å². The van der Waals surface area contributed by atoms with Crippen LogP contribution < -0.4 is 9.47 Å². The standard InChI is InChI=1S/C30H28F2N4O4/c1-7-18-21(31)12-11-17-9-8-10-19(23(17)18)25-24(32)26-20(15-33-25)27(35-28(34-26)38-6)39-22-13-14-36(16(22)2)29(37)40-30(3,4)5/h1,8-12,15-16,22H,13-14H2,2-6H3. The SMILES string of the molecule is C#Cc1c(F)ccc2cccc(-c3ncc4c(OC5CCN(C(=O)OC(C)(C)C)C5C)nc(OC)nc4c3F)c12. The van der Waals surface area contributed by atoms with Gasteiger partial charge >= 0.3 is 12.1 Å². The summed E-state index contributed by atoms with van der Waals surface area (Å²) in [7, 11) is 1.36. The molecule has 2 atom stereocenters. The van der Waals surface area contributed by atoms with Crippen LogP contribution in [0.4, 0.5) is 13.6 Å². The van der Waals surface area contributed by atoms with Crippen molar-refractivity contribution in [1.82, 2.24) is 19.9 Å². The minimum Gasteiger partial charge on any atom is -0.471 e. The molecule has 0 aliphatic carbocycles. The second-order valence-corrected chi connectivity index (χ2v) is 10.5. The smallest absolute Gasteiger partial charge is 0.410 e. The first kappa shape index (κ1) is 27.1. The van der Waals surface area contributed by atoms with Crippen molar-refractivity contribution >= 4 is 27.8 Å².